The molecule has 0 saturated heterocycles. The van der Waals surface area contributed by atoms with E-state index in [1.54, 1.807) is 18.2 Å². The summed E-state index contributed by atoms with van der Waals surface area (Å²) in [4.78, 5) is 21.8. The molecule has 0 saturated carbocycles. The zero-order valence-electron chi connectivity index (χ0n) is 8.39. The van der Waals surface area contributed by atoms with E-state index in [0.717, 1.165) is 0 Å². The third kappa shape index (κ3) is 3.05. The quantitative estimate of drug-likeness (QED) is 0.760. The van der Waals surface area contributed by atoms with Crippen molar-refractivity contribution >= 4 is 23.4 Å². The second kappa shape index (κ2) is 5.63. The van der Waals surface area contributed by atoms with Gasteiger partial charge in [-0.3, -0.25) is 4.79 Å². The van der Waals surface area contributed by atoms with Crippen LogP contribution in [0.3, 0.4) is 0 Å². The molecule has 16 heavy (non-hydrogen) atoms. The van der Waals surface area contributed by atoms with Crippen LogP contribution in [0.15, 0.2) is 24.3 Å². The molecular weight excluding hydrogens is 232 g/mol. The van der Waals surface area contributed by atoms with Crippen molar-refractivity contribution in [1.82, 2.24) is 0 Å². The number of halogens is 1. The number of aliphatic hydroxyl groups is 1. The lowest BCUT2D eigenvalue weighted by atomic mass is 9.98. The smallest absolute Gasteiger partial charge is 0.337 e. The molecule has 0 radical (unpaired) electrons. The fraction of sp³-hybridized carbons (Fsp3) is 0.273. The molecule has 0 heterocycles. The molecule has 0 bridgehead atoms. The number of aliphatic hydroxyl groups excluding tert-OH is 1. The Bertz CT molecular complexity index is 403. The monoisotopic (exact) mass is 242 g/mol. The number of alkyl halides is 1. The van der Waals surface area contributed by atoms with Gasteiger partial charge in [-0.25, -0.2) is 4.79 Å². The predicted octanol–water partition coefficient (Wildman–Crippen LogP) is 1.16. The third-order valence-corrected chi connectivity index (χ3v) is 2.42. The first-order chi connectivity index (χ1) is 7.56. The lowest BCUT2D eigenvalue weighted by molar-refractivity contribution is -0.147. The van der Waals surface area contributed by atoms with E-state index in [1.165, 1.54) is 6.07 Å². The Morgan fingerprint density at radius 3 is 2.50 bits per heavy atom. The molecule has 0 aliphatic carbocycles. The Morgan fingerprint density at radius 1 is 1.31 bits per heavy atom. The molecule has 1 aromatic carbocycles. The number of Topliss-reactive ketones (excluding diaryl/α,β-unsaturated/α-hetero) is 1. The Kier molecular flexibility index (Phi) is 4.46. The zero-order valence-corrected chi connectivity index (χ0v) is 9.15. The first-order valence-electron chi connectivity index (χ1n) is 4.62. The molecule has 1 unspecified atom stereocenters. The van der Waals surface area contributed by atoms with Crippen molar-refractivity contribution < 1.29 is 19.8 Å². The van der Waals surface area contributed by atoms with Gasteiger partial charge in [0.05, 0.1) is 5.88 Å². The molecule has 0 fully saturated rings. The van der Waals surface area contributed by atoms with E-state index < -0.39 is 12.1 Å². The average Bonchev–Trinajstić information content (AvgIpc) is 2.28. The SMILES string of the molecule is O=C(CCl)Cc1ccccc1C(O)C(=O)O. The van der Waals surface area contributed by atoms with Crippen LogP contribution >= 0.6 is 11.6 Å². The number of rotatable bonds is 5. The summed E-state index contributed by atoms with van der Waals surface area (Å²) >= 11 is 5.37. The molecule has 0 amide bonds. The van der Waals surface area contributed by atoms with Crippen LogP contribution in [0.2, 0.25) is 0 Å². The normalized spacial score (nSPS) is 12.1. The predicted molar refractivity (Wildman–Crippen MR) is 58.5 cm³/mol. The minimum Gasteiger partial charge on any atom is -0.479 e. The summed E-state index contributed by atoms with van der Waals surface area (Å²) in [5, 5.41) is 18.1. The van der Waals surface area contributed by atoms with Gasteiger partial charge in [-0.2, -0.15) is 0 Å². The molecule has 5 heteroatoms. The number of carboxylic acid groups (broad SMARTS) is 1. The molecular formula is C11H11ClO4. The van der Waals surface area contributed by atoms with Crippen LogP contribution < -0.4 is 0 Å². The summed E-state index contributed by atoms with van der Waals surface area (Å²) in [6.07, 6.45) is -1.58. The van der Waals surface area contributed by atoms with Crippen LogP contribution in [0.1, 0.15) is 17.2 Å². The number of carbonyl (C=O) groups excluding carboxylic acids is 1. The van der Waals surface area contributed by atoms with Gasteiger partial charge >= 0.3 is 5.97 Å². The van der Waals surface area contributed by atoms with E-state index in [4.69, 9.17) is 16.7 Å². The fourth-order valence-corrected chi connectivity index (χ4v) is 1.45. The maximum absolute atomic E-state index is 11.2. The van der Waals surface area contributed by atoms with Gasteiger partial charge in [-0.05, 0) is 11.1 Å². The van der Waals surface area contributed by atoms with E-state index in [-0.39, 0.29) is 23.6 Å². The van der Waals surface area contributed by atoms with Gasteiger partial charge < -0.3 is 10.2 Å². The summed E-state index contributed by atoms with van der Waals surface area (Å²) in [5.74, 6) is -1.69. The largest absolute Gasteiger partial charge is 0.479 e. The standard InChI is InChI=1S/C11H11ClO4/c12-6-8(13)5-7-3-1-2-4-9(7)10(14)11(15)16/h1-4,10,14H,5-6H2,(H,15,16). The summed E-state index contributed by atoms with van der Waals surface area (Å²) in [6, 6.07) is 6.37. The molecule has 4 nitrogen and oxygen atoms in total. The van der Waals surface area contributed by atoms with Crippen LogP contribution in [-0.2, 0) is 16.0 Å². The molecule has 0 aliphatic heterocycles. The number of ketones is 1. The molecule has 0 aromatic heterocycles. The third-order valence-electron chi connectivity index (χ3n) is 2.12. The number of benzene rings is 1. The highest BCUT2D eigenvalue weighted by molar-refractivity contribution is 6.27. The second-order valence-corrected chi connectivity index (χ2v) is 3.56. The van der Waals surface area contributed by atoms with E-state index >= 15 is 0 Å². The van der Waals surface area contributed by atoms with Crippen molar-refractivity contribution in [2.24, 2.45) is 0 Å². The number of carbonyl (C=O) groups is 2. The maximum atomic E-state index is 11.2. The number of carboxylic acids is 1. The molecule has 2 N–H and O–H groups in total. The van der Waals surface area contributed by atoms with Crippen molar-refractivity contribution in [3.05, 3.63) is 35.4 Å². The van der Waals surface area contributed by atoms with E-state index in [9.17, 15) is 14.7 Å². The molecule has 1 aromatic rings. The summed E-state index contributed by atoms with van der Waals surface area (Å²) in [7, 11) is 0. The van der Waals surface area contributed by atoms with E-state index in [2.05, 4.69) is 0 Å². The number of hydrogen-bond acceptors (Lipinski definition) is 3. The Balaban J connectivity index is 3.00. The van der Waals surface area contributed by atoms with Gasteiger partial charge in [0.25, 0.3) is 0 Å². The summed E-state index contributed by atoms with van der Waals surface area (Å²) in [6.45, 7) is 0. The second-order valence-electron chi connectivity index (χ2n) is 3.29. The highest BCUT2D eigenvalue weighted by atomic mass is 35.5. The average molecular weight is 243 g/mol. The Hall–Kier alpha value is -1.39. The fourth-order valence-electron chi connectivity index (χ4n) is 1.35. The van der Waals surface area contributed by atoms with Crippen molar-refractivity contribution in [3.63, 3.8) is 0 Å². The minimum atomic E-state index is -1.61. The van der Waals surface area contributed by atoms with Crippen LogP contribution in [-0.4, -0.2) is 27.8 Å². The van der Waals surface area contributed by atoms with Crippen LogP contribution in [0.5, 0.6) is 0 Å². The van der Waals surface area contributed by atoms with E-state index in [1.807, 2.05) is 0 Å². The van der Waals surface area contributed by atoms with Gasteiger partial charge in [-0.1, -0.05) is 24.3 Å². The van der Waals surface area contributed by atoms with Crippen LogP contribution in [0, 0.1) is 0 Å². The zero-order chi connectivity index (χ0) is 12.1. The summed E-state index contributed by atoms with van der Waals surface area (Å²) < 4.78 is 0. The number of aliphatic carboxylic acids is 1. The van der Waals surface area contributed by atoms with Gasteiger partial charge in [0, 0.05) is 6.42 Å². The molecule has 0 aliphatic rings. The highest BCUT2D eigenvalue weighted by Gasteiger charge is 2.19. The first kappa shape index (κ1) is 12.7. The summed E-state index contributed by atoms with van der Waals surface area (Å²) in [5.41, 5.74) is 0.719. The topological polar surface area (TPSA) is 74.6 Å². The van der Waals surface area contributed by atoms with Crippen molar-refractivity contribution in [1.29, 1.82) is 0 Å². The van der Waals surface area contributed by atoms with Crippen molar-refractivity contribution in [3.8, 4) is 0 Å². The lowest BCUT2D eigenvalue weighted by Crippen LogP contribution is -2.14. The van der Waals surface area contributed by atoms with Crippen molar-refractivity contribution in [2.75, 3.05) is 5.88 Å². The van der Waals surface area contributed by atoms with Gasteiger partial charge in [0.1, 0.15) is 0 Å². The maximum Gasteiger partial charge on any atom is 0.337 e. The van der Waals surface area contributed by atoms with Gasteiger partial charge in [0.15, 0.2) is 11.9 Å². The number of hydrogen-bond donors (Lipinski definition) is 2. The molecule has 1 rings (SSSR count). The lowest BCUT2D eigenvalue weighted by Gasteiger charge is -2.11. The highest BCUT2D eigenvalue weighted by Crippen LogP contribution is 2.19. The van der Waals surface area contributed by atoms with E-state index in [0.29, 0.717) is 5.56 Å². The molecule has 86 valence electrons. The molecule has 1 atom stereocenters. The van der Waals surface area contributed by atoms with Crippen LogP contribution in [0.25, 0.3) is 0 Å². The van der Waals surface area contributed by atoms with Crippen LogP contribution in [0.4, 0.5) is 0 Å². The Labute approximate surface area is 97.5 Å². The minimum absolute atomic E-state index is 0.0318. The first-order valence-corrected chi connectivity index (χ1v) is 5.16. The van der Waals surface area contributed by atoms with Gasteiger partial charge in [-0.15, -0.1) is 11.6 Å². The Morgan fingerprint density at radius 2 is 1.94 bits per heavy atom. The molecule has 0 spiro atoms. The van der Waals surface area contributed by atoms with Gasteiger partial charge in [0.2, 0.25) is 0 Å². The van der Waals surface area contributed by atoms with Crippen molar-refractivity contribution in [2.45, 2.75) is 12.5 Å².